The third-order valence-corrected chi connectivity index (χ3v) is 1.16. The highest BCUT2D eigenvalue weighted by Gasteiger charge is 2.35. The summed E-state index contributed by atoms with van der Waals surface area (Å²) < 4.78 is 0. The molecule has 0 atom stereocenters. The van der Waals surface area contributed by atoms with Crippen molar-refractivity contribution in [1.82, 2.24) is 5.01 Å². The predicted octanol–water partition coefficient (Wildman–Crippen LogP) is -1.53. The Morgan fingerprint density at radius 3 is 2.27 bits per heavy atom. The molecule has 0 bridgehead atoms. The van der Waals surface area contributed by atoms with Crippen LogP contribution in [0.2, 0.25) is 0 Å². The average molecular weight is 156 g/mol. The summed E-state index contributed by atoms with van der Waals surface area (Å²) in [4.78, 5) is 31.4. The summed E-state index contributed by atoms with van der Waals surface area (Å²) in [6.07, 6.45) is 0. The van der Waals surface area contributed by atoms with Crippen LogP contribution in [0.5, 0.6) is 0 Å². The molecule has 0 radical (unpaired) electrons. The number of ketones is 1. The third-order valence-electron chi connectivity index (χ3n) is 1.16. The van der Waals surface area contributed by atoms with Crippen molar-refractivity contribution in [3.63, 3.8) is 0 Å². The van der Waals surface area contributed by atoms with Crippen LogP contribution in [-0.4, -0.2) is 40.5 Å². The lowest BCUT2D eigenvalue weighted by atomic mass is 10.2. The maximum Gasteiger partial charge on any atom is 0.360 e. The first-order valence-corrected chi connectivity index (χ1v) is 2.68. The lowest BCUT2D eigenvalue weighted by molar-refractivity contribution is -0.139. The summed E-state index contributed by atoms with van der Waals surface area (Å²) in [5, 5.41) is 12.2. The molecule has 0 aromatic rings. The number of Topliss-reactive ketones (excluding diaryl/α,β-unsaturated/α-hetero) is 1. The molecule has 6 heteroatoms. The molecule has 58 valence electrons. The Kier molecular flexibility index (Phi) is 1.45. The number of rotatable bonds is 1. The zero-order valence-electron chi connectivity index (χ0n) is 5.57. The number of likely N-dealkylation sites (N-methyl/N-ethyl adjacent to an activating group) is 1. The van der Waals surface area contributed by atoms with Crippen LogP contribution in [0.15, 0.2) is 5.10 Å². The van der Waals surface area contributed by atoms with Gasteiger partial charge in [0.1, 0.15) is 0 Å². The Labute approximate surface area is 61.1 Å². The second-order valence-electron chi connectivity index (χ2n) is 1.91. The molecule has 0 spiro atoms. The maximum absolute atomic E-state index is 10.7. The highest BCUT2D eigenvalue weighted by molar-refractivity contribution is 6.79. The molecule has 0 saturated carbocycles. The number of carbonyl (C=O) groups excluding carboxylic acids is 2. The Morgan fingerprint density at radius 2 is 2.09 bits per heavy atom. The van der Waals surface area contributed by atoms with Gasteiger partial charge in [0, 0.05) is 7.05 Å². The normalized spacial score (nSPS) is 17.2. The molecule has 1 amide bonds. The molecule has 1 rings (SSSR count). The SMILES string of the molecule is CN1N=C(C(=O)O)C(=O)C1=O. The van der Waals surface area contributed by atoms with E-state index in [4.69, 9.17) is 5.11 Å². The van der Waals surface area contributed by atoms with E-state index in [1.54, 1.807) is 0 Å². The van der Waals surface area contributed by atoms with Gasteiger partial charge in [-0.3, -0.25) is 9.59 Å². The minimum atomic E-state index is -1.48. The predicted molar refractivity (Wildman–Crippen MR) is 32.8 cm³/mol. The standard InChI is InChI=1S/C5H4N2O4/c1-7-4(9)3(8)2(6-7)5(10)11/h1H3,(H,10,11). The molecule has 1 aliphatic rings. The first-order valence-electron chi connectivity index (χ1n) is 2.68. The number of nitrogens with zero attached hydrogens (tertiary/aromatic N) is 2. The molecule has 1 heterocycles. The van der Waals surface area contributed by atoms with Crippen molar-refractivity contribution < 1.29 is 19.5 Å². The summed E-state index contributed by atoms with van der Waals surface area (Å²) in [6.45, 7) is 0. The fourth-order valence-corrected chi connectivity index (χ4v) is 0.629. The number of hydrazone groups is 1. The van der Waals surface area contributed by atoms with Gasteiger partial charge in [0.25, 0.3) is 5.78 Å². The number of hydrogen-bond donors (Lipinski definition) is 1. The number of carboxylic acids is 1. The smallest absolute Gasteiger partial charge is 0.360 e. The quantitative estimate of drug-likeness (QED) is 0.466. The van der Waals surface area contributed by atoms with Gasteiger partial charge in [0.2, 0.25) is 5.71 Å². The van der Waals surface area contributed by atoms with Crippen molar-refractivity contribution in [1.29, 1.82) is 0 Å². The first-order chi connectivity index (χ1) is 5.04. The fourth-order valence-electron chi connectivity index (χ4n) is 0.629. The lowest BCUT2D eigenvalue weighted by Gasteiger charge is -1.96. The van der Waals surface area contributed by atoms with Gasteiger partial charge in [-0.15, -0.1) is 0 Å². The molecule has 0 aliphatic carbocycles. The van der Waals surface area contributed by atoms with Crippen LogP contribution in [0.1, 0.15) is 0 Å². The first kappa shape index (κ1) is 7.39. The minimum Gasteiger partial charge on any atom is -0.476 e. The van der Waals surface area contributed by atoms with Crippen LogP contribution in [0.3, 0.4) is 0 Å². The number of carboxylic acid groups (broad SMARTS) is 1. The van der Waals surface area contributed by atoms with E-state index in [9.17, 15) is 14.4 Å². The van der Waals surface area contributed by atoms with Crippen molar-refractivity contribution in [2.75, 3.05) is 7.05 Å². The van der Waals surface area contributed by atoms with Crippen molar-refractivity contribution in [2.45, 2.75) is 0 Å². The monoisotopic (exact) mass is 156 g/mol. The molecule has 6 nitrogen and oxygen atoms in total. The van der Waals surface area contributed by atoms with E-state index in [0.717, 1.165) is 0 Å². The van der Waals surface area contributed by atoms with E-state index >= 15 is 0 Å². The van der Waals surface area contributed by atoms with Crippen LogP contribution in [-0.2, 0) is 14.4 Å². The van der Waals surface area contributed by atoms with Crippen molar-refractivity contribution in [3.8, 4) is 0 Å². The zero-order chi connectivity index (χ0) is 8.59. The Bertz CT molecular complexity index is 280. The molecule has 0 aromatic heterocycles. The van der Waals surface area contributed by atoms with E-state index in [1.807, 2.05) is 0 Å². The van der Waals surface area contributed by atoms with Gasteiger partial charge >= 0.3 is 11.9 Å². The molecule has 0 fully saturated rings. The van der Waals surface area contributed by atoms with E-state index in [2.05, 4.69) is 5.10 Å². The van der Waals surface area contributed by atoms with E-state index < -0.39 is 23.4 Å². The molecule has 1 aliphatic heterocycles. The van der Waals surface area contributed by atoms with Crippen LogP contribution in [0, 0.1) is 0 Å². The maximum atomic E-state index is 10.7. The summed E-state index contributed by atoms with van der Waals surface area (Å²) in [6, 6.07) is 0. The second-order valence-corrected chi connectivity index (χ2v) is 1.91. The number of aliphatic carboxylic acids is 1. The third kappa shape index (κ3) is 0.977. The zero-order valence-corrected chi connectivity index (χ0v) is 5.57. The van der Waals surface area contributed by atoms with Gasteiger partial charge < -0.3 is 5.11 Å². The van der Waals surface area contributed by atoms with Gasteiger partial charge in [0.05, 0.1) is 0 Å². The topological polar surface area (TPSA) is 87.0 Å². The summed E-state index contributed by atoms with van der Waals surface area (Å²) in [7, 11) is 1.22. The highest BCUT2D eigenvalue weighted by Crippen LogP contribution is 2.00. The fraction of sp³-hybridized carbons (Fsp3) is 0.200. The summed E-state index contributed by atoms with van der Waals surface area (Å²) in [5.74, 6) is -3.46. The molecule has 11 heavy (non-hydrogen) atoms. The summed E-state index contributed by atoms with van der Waals surface area (Å²) in [5.41, 5.74) is -0.725. The molecule has 1 N–H and O–H groups in total. The highest BCUT2D eigenvalue weighted by atomic mass is 16.4. The van der Waals surface area contributed by atoms with Crippen molar-refractivity contribution in [2.24, 2.45) is 5.10 Å². The van der Waals surface area contributed by atoms with Gasteiger partial charge in [-0.2, -0.15) is 5.10 Å². The second kappa shape index (κ2) is 2.15. The number of carbonyl (C=O) groups is 3. The van der Waals surface area contributed by atoms with E-state index in [1.165, 1.54) is 7.05 Å². The van der Waals surface area contributed by atoms with E-state index in [0.29, 0.717) is 5.01 Å². The summed E-state index contributed by atoms with van der Waals surface area (Å²) >= 11 is 0. The average Bonchev–Trinajstić information content (AvgIpc) is 2.17. The van der Waals surface area contributed by atoms with Crippen LogP contribution in [0.25, 0.3) is 0 Å². The lowest BCUT2D eigenvalue weighted by Crippen LogP contribution is -2.27. The number of amides is 1. The van der Waals surface area contributed by atoms with Crippen LogP contribution >= 0.6 is 0 Å². The Balaban J connectivity index is 3.02. The molecular formula is C5H4N2O4. The van der Waals surface area contributed by atoms with Crippen molar-refractivity contribution in [3.05, 3.63) is 0 Å². The molecule has 0 aromatic carbocycles. The molecule has 0 saturated heterocycles. The van der Waals surface area contributed by atoms with Gasteiger partial charge in [0.15, 0.2) is 0 Å². The van der Waals surface area contributed by atoms with E-state index in [-0.39, 0.29) is 0 Å². The van der Waals surface area contributed by atoms with Gasteiger partial charge in [-0.1, -0.05) is 0 Å². The Hall–Kier alpha value is -1.72. The van der Waals surface area contributed by atoms with Crippen LogP contribution in [0.4, 0.5) is 0 Å². The van der Waals surface area contributed by atoms with Gasteiger partial charge in [-0.25, -0.2) is 9.80 Å². The van der Waals surface area contributed by atoms with Crippen molar-refractivity contribution >= 4 is 23.4 Å². The molecule has 0 unspecified atom stereocenters. The number of hydrogen-bond acceptors (Lipinski definition) is 4. The molecular weight excluding hydrogens is 152 g/mol. The van der Waals surface area contributed by atoms with Gasteiger partial charge in [-0.05, 0) is 0 Å². The Morgan fingerprint density at radius 1 is 1.55 bits per heavy atom. The minimum absolute atomic E-state index is 0.700. The largest absolute Gasteiger partial charge is 0.476 e. The van der Waals surface area contributed by atoms with Crippen LogP contribution < -0.4 is 0 Å².